The number of halogens is 3. The van der Waals surface area contributed by atoms with Gasteiger partial charge >= 0.3 is 12.2 Å². The molecule has 1 unspecified atom stereocenters. The van der Waals surface area contributed by atoms with E-state index in [9.17, 15) is 27.6 Å². The number of nitrogens with one attached hydrogen (secondary N) is 1. The second kappa shape index (κ2) is 9.01. The monoisotopic (exact) mass is 465 g/mol. The van der Waals surface area contributed by atoms with Crippen molar-refractivity contribution >= 4 is 17.7 Å². The molecule has 33 heavy (non-hydrogen) atoms. The molecule has 1 aliphatic rings. The van der Waals surface area contributed by atoms with E-state index in [4.69, 9.17) is 4.74 Å². The standard InChI is InChI=1S/C23H26F3N3O4/c1-14-11-18(15(2)28(14)9-6-10-33-4)19(30)13-29-20(31)22(3,27-21(29)32)16-7-5-8-17(12-16)23(24,25)26/h5,7-8,11-12H,6,9-10,13H2,1-4H3,(H,27,32). The summed E-state index contributed by atoms with van der Waals surface area (Å²) in [7, 11) is 1.61. The molecular weight excluding hydrogens is 439 g/mol. The van der Waals surface area contributed by atoms with Crippen LogP contribution in [0.4, 0.5) is 18.0 Å². The molecule has 7 nitrogen and oxygen atoms in total. The lowest BCUT2D eigenvalue weighted by molar-refractivity contribution is -0.138. The molecular formula is C23H26F3N3O4. The Labute approximate surface area is 189 Å². The van der Waals surface area contributed by atoms with Gasteiger partial charge in [0.25, 0.3) is 5.91 Å². The average molecular weight is 465 g/mol. The zero-order valence-electron chi connectivity index (χ0n) is 18.9. The number of nitrogens with zero attached hydrogens (tertiary/aromatic N) is 2. The minimum absolute atomic E-state index is 0.0121. The maximum absolute atomic E-state index is 13.1. The van der Waals surface area contributed by atoms with Crippen LogP contribution in [0, 0.1) is 13.8 Å². The first-order chi connectivity index (χ1) is 15.4. The van der Waals surface area contributed by atoms with E-state index in [0.29, 0.717) is 24.4 Å². The summed E-state index contributed by atoms with van der Waals surface area (Å²) < 4.78 is 46.4. The summed E-state index contributed by atoms with van der Waals surface area (Å²) in [6.45, 7) is 5.67. The van der Waals surface area contributed by atoms with Crippen molar-refractivity contribution < 1.29 is 32.3 Å². The Hall–Kier alpha value is -3.14. The van der Waals surface area contributed by atoms with Crippen molar-refractivity contribution in [2.24, 2.45) is 0 Å². The van der Waals surface area contributed by atoms with Gasteiger partial charge < -0.3 is 14.6 Å². The molecule has 1 aliphatic heterocycles. The predicted octanol–water partition coefficient (Wildman–Crippen LogP) is 3.81. The molecule has 0 aliphatic carbocycles. The van der Waals surface area contributed by atoms with Gasteiger partial charge in [-0.2, -0.15) is 13.2 Å². The summed E-state index contributed by atoms with van der Waals surface area (Å²) >= 11 is 0. The van der Waals surface area contributed by atoms with Crippen molar-refractivity contribution in [3.05, 3.63) is 58.4 Å². The summed E-state index contributed by atoms with van der Waals surface area (Å²) in [5.74, 6) is -1.22. The number of carbonyl (C=O) groups excluding carboxylic acids is 3. The van der Waals surface area contributed by atoms with Gasteiger partial charge in [0, 0.05) is 37.2 Å². The number of alkyl halides is 3. The third-order valence-electron chi connectivity index (χ3n) is 5.95. The van der Waals surface area contributed by atoms with Crippen LogP contribution in [0.15, 0.2) is 30.3 Å². The molecule has 10 heteroatoms. The van der Waals surface area contributed by atoms with E-state index in [1.54, 1.807) is 20.1 Å². The predicted molar refractivity (Wildman–Crippen MR) is 114 cm³/mol. The third-order valence-corrected chi connectivity index (χ3v) is 5.95. The minimum Gasteiger partial charge on any atom is -0.385 e. The van der Waals surface area contributed by atoms with Gasteiger partial charge in [0.05, 0.1) is 12.1 Å². The lowest BCUT2D eigenvalue weighted by Crippen LogP contribution is -2.41. The molecule has 1 saturated heterocycles. The van der Waals surface area contributed by atoms with E-state index in [0.717, 1.165) is 29.1 Å². The average Bonchev–Trinajstić information content (AvgIpc) is 3.16. The van der Waals surface area contributed by atoms with Crippen molar-refractivity contribution in [3.8, 4) is 0 Å². The molecule has 3 rings (SSSR count). The highest BCUT2D eigenvalue weighted by molar-refractivity contribution is 6.11. The molecule has 0 bridgehead atoms. The number of methoxy groups -OCH3 is 1. The molecule has 0 spiro atoms. The van der Waals surface area contributed by atoms with Crippen molar-refractivity contribution in [2.75, 3.05) is 20.3 Å². The Morgan fingerprint density at radius 2 is 1.88 bits per heavy atom. The number of hydrogen-bond donors (Lipinski definition) is 1. The second-order valence-corrected chi connectivity index (χ2v) is 8.23. The van der Waals surface area contributed by atoms with Gasteiger partial charge in [0.2, 0.25) is 0 Å². The Bertz CT molecular complexity index is 1090. The Balaban J connectivity index is 1.82. The van der Waals surface area contributed by atoms with Crippen LogP contribution < -0.4 is 5.32 Å². The van der Waals surface area contributed by atoms with E-state index >= 15 is 0 Å². The smallest absolute Gasteiger partial charge is 0.385 e. The van der Waals surface area contributed by atoms with Crippen molar-refractivity contribution in [1.29, 1.82) is 0 Å². The van der Waals surface area contributed by atoms with Crippen molar-refractivity contribution in [2.45, 2.75) is 45.5 Å². The van der Waals surface area contributed by atoms with Gasteiger partial charge in [-0.05, 0) is 51.0 Å². The van der Waals surface area contributed by atoms with Crippen LogP contribution in [-0.4, -0.2) is 47.4 Å². The van der Waals surface area contributed by atoms with Gasteiger partial charge in [0.1, 0.15) is 5.54 Å². The summed E-state index contributed by atoms with van der Waals surface area (Å²) in [4.78, 5) is 39.4. The Morgan fingerprint density at radius 3 is 2.52 bits per heavy atom. The topological polar surface area (TPSA) is 80.6 Å². The molecule has 1 atom stereocenters. The van der Waals surface area contributed by atoms with E-state index < -0.39 is 41.5 Å². The van der Waals surface area contributed by atoms with Gasteiger partial charge in [-0.25, -0.2) is 4.79 Å². The third kappa shape index (κ3) is 4.66. The maximum Gasteiger partial charge on any atom is 0.416 e. The van der Waals surface area contributed by atoms with Gasteiger partial charge in [-0.3, -0.25) is 14.5 Å². The van der Waals surface area contributed by atoms with Crippen LogP contribution in [0.25, 0.3) is 0 Å². The number of urea groups is 1. The highest BCUT2D eigenvalue weighted by Gasteiger charge is 2.50. The van der Waals surface area contributed by atoms with Gasteiger partial charge in [0.15, 0.2) is 5.78 Å². The van der Waals surface area contributed by atoms with E-state index in [1.165, 1.54) is 19.1 Å². The first-order valence-electron chi connectivity index (χ1n) is 10.4. The number of aryl methyl sites for hydroxylation is 1. The maximum atomic E-state index is 13.1. The van der Waals surface area contributed by atoms with Crippen LogP contribution in [0.5, 0.6) is 0 Å². The van der Waals surface area contributed by atoms with Crippen molar-refractivity contribution in [1.82, 2.24) is 14.8 Å². The molecule has 178 valence electrons. The van der Waals surface area contributed by atoms with E-state index in [1.807, 2.05) is 11.5 Å². The van der Waals surface area contributed by atoms with Gasteiger partial charge in [-0.15, -0.1) is 0 Å². The molecule has 1 aromatic carbocycles. The molecule has 3 amide bonds. The number of aromatic nitrogens is 1. The fraction of sp³-hybridized carbons (Fsp3) is 0.435. The zero-order chi connectivity index (χ0) is 24.6. The van der Waals surface area contributed by atoms with Crippen LogP contribution in [0.2, 0.25) is 0 Å². The summed E-state index contributed by atoms with van der Waals surface area (Å²) in [6.07, 6.45) is -3.84. The molecule has 0 saturated carbocycles. The number of rotatable bonds is 8. The van der Waals surface area contributed by atoms with Crippen LogP contribution in [0.1, 0.15) is 46.2 Å². The van der Waals surface area contributed by atoms with Crippen LogP contribution in [0.3, 0.4) is 0 Å². The first kappa shape index (κ1) is 24.5. The number of benzene rings is 1. The highest BCUT2D eigenvalue weighted by Crippen LogP contribution is 2.34. The second-order valence-electron chi connectivity index (χ2n) is 8.23. The fourth-order valence-electron chi connectivity index (χ4n) is 4.07. The van der Waals surface area contributed by atoms with Crippen LogP contribution >= 0.6 is 0 Å². The molecule has 0 radical (unpaired) electrons. The van der Waals surface area contributed by atoms with E-state index in [2.05, 4.69) is 5.32 Å². The SMILES string of the molecule is COCCCn1c(C)cc(C(=O)CN2C(=O)NC(C)(c3cccc(C(F)(F)F)c3)C2=O)c1C. The summed E-state index contributed by atoms with van der Waals surface area (Å²) in [6, 6.07) is 5.10. The summed E-state index contributed by atoms with van der Waals surface area (Å²) in [5.41, 5.74) is -0.700. The zero-order valence-corrected chi connectivity index (χ0v) is 18.9. The Kier molecular flexibility index (Phi) is 6.69. The number of ether oxygens (including phenoxy) is 1. The molecule has 1 N–H and O–H groups in total. The fourth-order valence-corrected chi connectivity index (χ4v) is 4.07. The first-order valence-corrected chi connectivity index (χ1v) is 10.4. The van der Waals surface area contributed by atoms with Crippen LogP contribution in [-0.2, 0) is 27.8 Å². The van der Waals surface area contributed by atoms with E-state index in [-0.39, 0.29) is 5.56 Å². The normalized spacial score (nSPS) is 18.7. The Morgan fingerprint density at radius 1 is 1.18 bits per heavy atom. The largest absolute Gasteiger partial charge is 0.416 e. The van der Waals surface area contributed by atoms with Crippen molar-refractivity contribution in [3.63, 3.8) is 0 Å². The molecule has 2 aromatic rings. The van der Waals surface area contributed by atoms with Gasteiger partial charge in [-0.1, -0.05) is 12.1 Å². The molecule has 1 aromatic heterocycles. The number of imide groups is 1. The quantitative estimate of drug-likeness (QED) is 0.365. The number of ketones is 1. The summed E-state index contributed by atoms with van der Waals surface area (Å²) in [5, 5.41) is 2.45. The molecule has 2 heterocycles. The number of Topliss-reactive ketones (excluding diaryl/α,β-unsaturated/α-hetero) is 1. The number of carbonyl (C=O) groups is 3. The lowest BCUT2D eigenvalue weighted by Gasteiger charge is -2.23. The number of amides is 3. The highest BCUT2D eigenvalue weighted by atomic mass is 19.4. The lowest BCUT2D eigenvalue weighted by atomic mass is 9.90. The minimum atomic E-state index is -4.60. The molecule has 1 fully saturated rings. The number of hydrogen-bond acceptors (Lipinski definition) is 4.